The second-order valence-corrected chi connectivity index (χ2v) is 7.74. The predicted octanol–water partition coefficient (Wildman–Crippen LogP) is 3.34. The molecule has 3 rings (SSSR count). The third kappa shape index (κ3) is 6.07. The molecule has 2 aliphatic rings. The predicted molar refractivity (Wildman–Crippen MR) is 110 cm³/mol. The maximum atomic E-state index is 12.9. The van der Waals surface area contributed by atoms with Gasteiger partial charge in [0.1, 0.15) is 5.82 Å². The van der Waals surface area contributed by atoms with Gasteiger partial charge < -0.3 is 21.1 Å². The van der Waals surface area contributed by atoms with E-state index in [1.807, 2.05) is 13.8 Å². The molecule has 2 atom stereocenters. The number of anilines is 1. The van der Waals surface area contributed by atoms with Gasteiger partial charge >= 0.3 is 6.18 Å². The molecule has 2 unspecified atom stereocenters. The minimum atomic E-state index is -4.60. The summed E-state index contributed by atoms with van der Waals surface area (Å²) in [6.07, 6.45) is 2.77. The Kier molecular flexibility index (Phi) is 8.91. The van der Waals surface area contributed by atoms with Crippen molar-refractivity contribution < 1.29 is 23.1 Å². The Labute approximate surface area is 176 Å². The number of nitrogens with two attached hydrogens (primary N) is 1. The van der Waals surface area contributed by atoms with E-state index in [0.717, 1.165) is 25.1 Å². The molecule has 1 amide bonds. The van der Waals surface area contributed by atoms with Crippen molar-refractivity contribution in [2.75, 3.05) is 24.6 Å². The molecule has 0 aromatic carbocycles. The Morgan fingerprint density at radius 1 is 1.27 bits per heavy atom. The van der Waals surface area contributed by atoms with Crippen LogP contribution < -0.4 is 16.0 Å². The smallest absolute Gasteiger partial charge is 0.396 e. The van der Waals surface area contributed by atoms with Crippen LogP contribution >= 0.6 is 0 Å². The first-order chi connectivity index (χ1) is 14.3. The third-order valence-corrected chi connectivity index (χ3v) is 5.78. The van der Waals surface area contributed by atoms with Gasteiger partial charge in [0.05, 0.1) is 11.1 Å². The van der Waals surface area contributed by atoms with Gasteiger partial charge in [0, 0.05) is 43.9 Å². The van der Waals surface area contributed by atoms with E-state index in [9.17, 15) is 23.1 Å². The van der Waals surface area contributed by atoms with E-state index >= 15 is 0 Å². The molecule has 9 heteroatoms. The average Bonchev–Trinajstić information content (AvgIpc) is 2.75. The lowest BCUT2D eigenvalue weighted by Crippen LogP contribution is -2.54. The van der Waals surface area contributed by atoms with E-state index in [4.69, 9.17) is 5.73 Å². The fourth-order valence-electron chi connectivity index (χ4n) is 4.25. The topological polar surface area (TPSA) is 91.5 Å². The number of rotatable bonds is 5. The van der Waals surface area contributed by atoms with Crippen LogP contribution in [0.25, 0.3) is 0 Å². The van der Waals surface area contributed by atoms with Gasteiger partial charge in [-0.2, -0.15) is 13.2 Å². The molecule has 0 spiro atoms. The van der Waals surface area contributed by atoms with Gasteiger partial charge in [-0.25, -0.2) is 4.98 Å². The number of amides is 1. The van der Waals surface area contributed by atoms with Crippen LogP contribution in [0.4, 0.5) is 19.0 Å². The third-order valence-electron chi connectivity index (χ3n) is 5.78. The molecule has 2 heterocycles. The van der Waals surface area contributed by atoms with Crippen molar-refractivity contribution >= 4 is 11.7 Å². The highest BCUT2D eigenvalue weighted by molar-refractivity contribution is 5.98. The number of hydrogen-bond donors (Lipinski definition) is 3. The van der Waals surface area contributed by atoms with Crippen molar-refractivity contribution in [1.29, 1.82) is 0 Å². The molecule has 1 aliphatic heterocycles. The van der Waals surface area contributed by atoms with Gasteiger partial charge in [-0.3, -0.25) is 4.79 Å². The Morgan fingerprint density at radius 3 is 2.50 bits per heavy atom. The average molecular weight is 431 g/mol. The molecule has 1 saturated heterocycles. The lowest BCUT2D eigenvalue weighted by Gasteiger charge is -2.41. The summed E-state index contributed by atoms with van der Waals surface area (Å²) in [6, 6.07) is 1.34. The van der Waals surface area contributed by atoms with Crippen LogP contribution in [0.2, 0.25) is 0 Å². The van der Waals surface area contributed by atoms with E-state index in [2.05, 4.69) is 10.3 Å². The van der Waals surface area contributed by atoms with Crippen LogP contribution in [0.15, 0.2) is 12.3 Å². The number of aliphatic hydroxyl groups excluding tert-OH is 1. The summed E-state index contributed by atoms with van der Waals surface area (Å²) in [5.74, 6) is -0.896. The molecule has 6 nitrogen and oxygen atoms in total. The molecule has 0 radical (unpaired) electrons. The molecule has 30 heavy (non-hydrogen) atoms. The van der Waals surface area contributed by atoms with Crippen molar-refractivity contribution in [3.8, 4) is 0 Å². The van der Waals surface area contributed by atoms with Gasteiger partial charge in [0.15, 0.2) is 0 Å². The summed E-state index contributed by atoms with van der Waals surface area (Å²) < 4.78 is 38.8. The monoisotopic (exact) mass is 430 g/mol. The minimum Gasteiger partial charge on any atom is -0.396 e. The van der Waals surface area contributed by atoms with Crippen molar-refractivity contribution in [2.24, 2.45) is 11.7 Å². The molecule has 1 saturated carbocycles. The Hall–Kier alpha value is -1.87. The molecule has 2 fully saturated rings. The number of carbonyl (C=O) groups is 1. The number of piperidine rings is 1. The second kappa shape index (κ2) is 10.9. The molecular formula is C21H33F3N4O2. The molecule has 0 bridgehead atoms. The van der Waals surface area contributed by atoms with Crippen molar-refractivity contribution in [3.63, 3.8) is 0 Å². The first-order valence-electron chi connectivity index (χ1n) is 10.8. The number of carbonyl (C=O) groups excluding carboxylic acids is 1. The minimum absolute atomic E-state index is 0.0482. The highest BCUT2D eigenvalue weighted by atomic mass is 19.4. The Balaban J connectivity index is 0.00000155. The molecule has 170 valence electrons. The second-order valence-electron chi connectivity index (χ2n) is 7.74. The summed E-state index contributed by atoms with van der Waals surface area (Å²) >= 11 is 0. The zero-order valence-corrected chi connectivity index (χ0v) is 17.7. The van der Waals surface area contributed by atoms with Crippen molar-refractivity contribution in [2.45, 2.75) is 70.6 Å². The number of nitrogens with one attached hydrogen (secondary N) is 1. The molecule has 1 aromatic heterocycles. The number of alkyl halides is 3. The van der Waals surface area contributed by atoms with E-state index in [-0.39, 0.29) is 29.9 Å². The molecule has 4 N–H and O–H groups in total. The Bertz CT molecular complexity index is 693. The largest absolute Gasteiger partial charge is 0.417 e. The standard InChI is InChI=1S/C19H27F3N4O2.C2H6/c20-19(21,22)13-8-15(17(23)28)18(24-9-13)26-7-6-16(12(10-26)11-27)25-14-4-2-1-3-5-14;1-2/h8-9,12,14,16,25,27H,1-7,10-11H2,(H2,23,28);1-2H3. The SMILES string of the molecule is CC.NC(=O)c1cc(C(F)(F)F)cnc1N1CCC(NC2CCCCC2)C(CO)C1. The summed E-state index contributed by atoms with van der Waals surface area (Å²) in [7, 11) is 0. The van der Waals surface area contributed by atoms with Crippen LogP contribution in [0, 0.1) is 5.92 Å². The molecule has 1 aliphatic carbocycles. The van der Waals surface area contributed by atoms with Crippen LogP contribution in [0.1, 0.15) is 68.3 Å². The summed E-state index contributed by atoms with van der Waals surface area (Å²) in [5.41, 5.74) is 4.07. The summed E-state index contributed by atoms with van der Waals surface area (Å²) in [4.78, 5) is 17.4. The molecule has 1 aromatic rings. The van der Waals surface area contributed by atoms with E-state index < -0.39 is 17.6 Å². The summed E-state index contributed by atoms with van der Waals surface area (Å²) in [5, 5.41) is 13.5. The quantitative estimate of drug-likeness (QED) is 0.667. The molecular weight excluding hydrogens is 397 g/mol. The van der Waals surface area contributed by atoms with Crippen molar-refractivity contribution in [3.05, 3.63) is 23.4 Å². The number of primary amides is 1. The first kappa shape index (κ1) is 24.4. The number of pyridine rings is 1. The van der Waals surface area contributed by atoms with Gasteiger partial charge in [0.25, 0.3) is 5.91 Å². The van der Waals surface area contributed by atoms with Crippen LogP contribution in [-0.2, 0) is 6.18 Å². The van der Waals surface area contributed by atoms with E-state index in [1.165, 1.54) is 19.3 Å². The van der Waals surface area contributed by atoms with Gasteiger partial charge in [-0.05, 0) is 25.3 Å². The number of hydrogen-bond acceptors (Lipinski definition) is 5. The lowest BCUT2D eigenvalue weighted by molar-refractivity contribution is -0.137. The summed E-state index contributed by atoms with van der Waals surface area (Å²) in [6.45, 7) is 4.88. The fourth-order valence-corrected chi connectivity index (χ4v) is 4.25. The zero-order chi connectivity index (χ0) is 22.3. The lowest BCUT2D eigenvalue weighted by atomic mass is 9.89. The zero-order valence-electron chi connectivity index (χ0n) is 17.7. The highest BCUT2D eigenvalue weighted by Crippen LogP contribution is 2.33. The van der Waals surface area contributed by atoms with Gasteiger partial charge in [-0.15, -0.1) is 0 Å². The van der Waals surface area contributed by atoms with Gasteiger partial charge in [0.2, 0.25) is 0 Å². The van der Waals surface area contributed by atoms with Crippen LogP contribution in [0.3, 0.4) is 0 Å². The normalized spacial score (nSPS) is 22.9. The van der Waals surface area contributed by atoms with E-state index in [1.54, 1.807) is 4.90 Å². The first-order valence-corrected chi connectivity index (χ1v) is 10.8. The fraction of sp³-hybridized carbons (Fsp3) is 0.714. The maximum absolute atomic E-state index is 12.9. The number of halogens is 3. The van der Waals surface area contributed by atoms with Gasteiger partial charge in [-0.1, -0.05) is 33.1 Å². The number of nitrogens with zero attached hydrogens (tertiary/aromatic N) is 2. The van der Waals surface area contributed by atoms with Crippen molar-refractivity contribution in [1.82, 2.24) is 10.3 Å². The number of aliphatic hydroxyl groups is 1. The van der Waals surface area contributed by atoms with E-state index in [0.29, 0.717) is 25.6 Å². The highest BCUT2D eigenvalue weighted by Gasteiger charge is 2.35. The van der Waals surface area contributed by atoms with Crippen LogP contribution in [-0.4, -0.2) is 47.8 Å². The maximum Gasteiger partial charge on any atom is 0.417 e. The van der Waals surface area contributed by atoms with Crippen LogP contribution in [0.5, 0.6) is 0 Å². The number of aromatic nitrogens is 1. The Morgan fingerprint density at radius 2 is 1.93 bits per heavy atom.